The third-order valence-corrected chi connectivity index (χ3v) is 4.21. The fourth-order valence-electron chi connectivity index (χ4n) is 2.99. The van der Waals surface area contributed by atoms with Gasteiger partial charge in [0.2, 0.25) is 5.88 Å². The number of benzene rings is 1. The Morgan fingerprint density at radius 1 is 1.12 bits per heavy atom. The maximum Gasteiger partial charge on any atom is 0.319 e. The minimum absolute atomic E-state index is 0.144. The van der Waals surface area contributed by atoms with Gasteiger partial charge in [0, 0.05) is 24.0 Å². The van der Waals surface area contributed by atoms with Crippen LogP contribution in [0.25, 0.3) is 0 Å². The van der Waals surface area contributed by atoms with E-state index in [0.29, 0.717) is 5.88 Å². The lowest BCUT2D eigenvalue weighted by atomic mass is 9.93. The normalized spacial score (nSPS) is 20.2. The lowest BCUT2D eigenvalue weighted by Gasteiger charge is -2.29. The molecule has 126 valence electrons. The van der Waals surface area contributed by atoms with E-state index in [-0.39, 0.29) is 18.2 Å². The van der Waals surface area contributed by atoms with Crippen molar-refractivity contribution in [2.24, 2.45) is 0 Å². The monoisotopic (exact) mass is 325 g/mol. The van der Waals surface area contributed by atoms with Gasteiger partial charge in [0.05, 0.1) is 0 Å². The third kappa shape index (κ3) is 4.72. The Bertz CT molecular complexity index is 667. The average molecular weight is 325 g/mol. The van der Waals surface area contributed by atoms with Crippen LogP contribution in [0, 0.1) is 6.92 Å². The Kier molecular flexibility index (Phi) is 5.31. The number of rotatable bonds is 4. The molecule has 0 saturated heterocycles. The largest absolute Gasteiger partial charge is 0.474 e. The first-order chi connectivity index (χ1) is 11.7. The highest BCUT2D eigenvalue weighted by Crippen LogP contribution is 2.23. The Morgan fingerprint density at radius 3 is 2.67 bits per heavy atom. The number of hydrogen-bond acceptors (Lipinski definition) is 3. The molecule has 0 radical (unpaired) electrons. The van der Waals surface area contributed by atoms with E-state index in [1.54, 1.807) is 6.20 Å². The molecule has 1 saturated carbocycles. The molecule has 1 fully saturated rings. The first-order valence-electron chi connectivity index (χ1n) is 8.41. The summed E-state index contributed by atoms with van der Waals surface area (Å²) in [5.74, 6) is 0.672. The second-order valence-corrected chi connectivity index (χ2v) is 6.23. The van der Waals surface area contributed by atoms with Gasteiger partial charge in [-0.25, -0.2) is 9.78 Å². The Morgan fingerprint density at radius 2 is 1.96 bits per heavy atom. The molecule has 24 heavy (non-hydrogen) atoms. The Labute approximate surface area is 142 Å². The average Bonchev–Trinajstić information content (AvgIpc) is 2.57. The number of carbonyl (C=O) groups excluding carboxylic acids is 1. The fourth-order valence-corrected chi connectivity index (χ4v) is 2.99. The summed E-state index contributed by atoms with van der Waals surface area (Å²) in [6.07, 6.45) is 5.59. The summed E-state index contributed by atoms with van der Waals surface area (Å²) in [4.78, 5) is 16.3. The first-order valence-corrected chi connectivity index (χ1v) is 8.41. The van der Waals surface area contributed by atoms with Gasteiger partial charge in [0.25, 0.3) is 0 Å². The van der Waals surface area contributed by atoms with Crippen LogP contribution < -0.4 is 15.4 Å². The van der Waals surface area contributed by atoms with Crippen LogP contribution in [0.1, 0.15) is 31.2 Å². The zero-order valence-electron chi connectivity index (χ0n) is 13.9. The zero-order valence-corrected chi connectivity index (χ0v) is 13.9. The number of amides is 2. The van der Waals surface area contributed by atoms with Gasteiger partial charge in [0.1, 0.15) is 6.10 Å². The maximum atomic E-state index is 12.1. The fraction of sp³-hybridized carbons (Fsp3) is 0.368. The number of nitrogens with zero attached hydrogens (tertiary/aromatic N) is 1. The molecule has 1 aromatic carbocycles. The summed E-state index contributed by atoms with van der Waals surface area (Å²) < 4.78 is 5.88. The van der Waals surface area contributed by atoms with Crippen LogP contribution in [0.2, 0.25) is 0 Å². The number of aryl methyl sites for hydroxylation is 1. The van der Waals surface area contributed by atoms with Crippen molar-refractivity contribution in [3.05, 3.63) is 54.2 Å². The summed E-state index contributed by atoms with van der Waals surface area (Å²) >= 11 is 0. The summed E-state index contributed by atoms with van der Waals surface area (Å²) in [6, 6.07) is 13.5. The van der Waals surface area contributed by atoms with Crippen LogP contribution in [0.15, 0.2) is 48.7 Å². The molecule has 2 N–H and O–H groups in total. The lowest BCUT2D eigenvalue weighted by Crippen LogP contribution is -2.41. The Hall–Kier alpha value is -2.56. The number of anilines is 1. The number of hydrogen-bond donors (Lipinski definition) is 2. The van der Waals surface area contributed by atoms with Gasteiger partial charge in [-0.1, -0.05) is 18.2 Å². The van der Waals surface area contributed by atoms with Crippen molar-refractivity contribution in [3.8, 4) is 5.88 Å². The number of pyridine rings is 1. The van der Waals surface area contributed by atoms with Crippen LogP contribution in [-0.2, 0) is 0 Å². The van der Waals surface area contributed by atoms with Crippen molar-refractivity contribution in [2.45, 2.75) is 44.8 Å². The van der Waals surface area contributed by atoms with E-state index in [1.807, 2.05) is 49.4 Å². The quantitative estimate of drug-likeness (QED) is 0.896. The van der Waals surface area contributed by atoms with Crippen LogP contribution in [0.5, 0.6) is 5.88 Å². The number of ether oxygens (including phenoxy) is 1. The number of aromatic nitrogens is 1. The van der Waals surface area contributed by atoms with Gasteiger partial charge >= 0.3 is 6.03 Å². The van der Waals surface area contributed by atoms with Gasteiger partial charge in [-0.3, -0.25) is 0 Å². The highest BCUT2D eigenvalue weighted by atomic mass is 16.5. The van der Waals surface area contributed by atoms with E-state index in [9.17, 15) is 4.79 Å². The van der Waals surface area contributed by atoms with Gasteiger partial charge in [-0.05, 0) is 56.4 Å². The minimum atomic E-state index is -0.144. The molecule has 1 aliphatic carbocycles. The van der Waals surface area contributed by atoms with Crippen LogP contribution in [0.3, 0.4) is 0 Å². The molecule has 2 amide bonds. The van der Waals surface area contributed by atoms with Crippen LogP contribution in [-0.4, -0.2) is 23.2 Å². The van der Waals surface area contributed by atoms with Crippen molar-refractivity contribution in [2.75, 3.05) is 5.32 Å². The van der Waals surface area contributed by atoms with Crippen LogP contribution in [0.4, 0.5) is 10.5 Å². The van der Waals surface area contributed by atoms with Crippen molar-refractivity contribution < 1.29 is 9.53 Å². The van der Waals surface area contributed by atoms with Crippen molar-refractivity contribution in [1.82, 2.24) is 10.3 Å². The number of urea groups is 1. The minimum Gasteiger partial charge on any atom is -0.474 e. The molecule has 3 rings (SSSR count). The van der Waals surface area contributed by atoms with Crippen molar-refractivity contribution >= 4 is 11.7 Å². The van der Waals surface area contributed by atoms with Crippen LogP contribution >= 0.6 is 0 Å². The molecule has 1 aromatic heterocycles. The standard InChI is InChI=1S/C19H23N3O2/c1-14-5-4-6-16(13-14)22-19(23)21-15-8-10-17(11-9-15)24-18-7-2-3-12-20-18/h2-7,12-13,15,17H,8-11H2,1H3,(H2,21,22,23). The smallest absolute Gasteiger partial charge is 0.319 e. The maximum absolute atomic E-state index is 12.1. The SMILES string of the molecule is Cc1cccc(NC(=O)NC2CCC(Oc3ccccn3)CC2)c1. The summed E-state index contributed by atoms with van der Waals surface area (Å²) in [5, 5.41) is 5.94. The molecule has 0 spiro atoms. The molecule has 1 aliphatic rings. The van der Waals surface area contributed by atoms with Gasteiger partial charge in [-0.2, -0.15) is 0 Å². The van der Waals surface area contributed by atoms with E-state index in [1.165, 1.54) is 0 Å². The van der Waals surface area contributed by atoms with Gasteiger partial charge in [-0.15, -0.1) is 0 Å². The van der Waals surface area contributed by atoms with E-state index in [4.69, 9.17) is 4.74 Å². The topological polar surface area (TPSA) is 63.2 Å². The number of nitrogens with one attached hydrogen (secondary N) is 2. The molecule has 0 bridgehead atoms. The number of carbonyl (C=O) groups is 1. The predicted octanol–water partition coefficient (Wildman–Crippen LogP) is 3.90. The van der Waals surface area contributed by atoms with Crippen molar-refractivity contribution in [1.29, 1.82) is 0 Å². The molecule has 2 aromatic rings. The first kappa shape index (κ1) is 16.3. The predicted molar refractivity (Wildman–Crippen MR) is 94.2 cm³/mol. The van der Waals surface area contributed by atoms with Gasteiger partial charge < -0.3 is 15.4 Å². The molecular formula is C19H23N3O2. The molecule has 5 nitrogen and oxygen atoms in total. The Balaban J connectivity index is 1.42. The highest BCUT2D eigenvalue weighted by molar-refractivity contribution is 5.89. The summed E-state index contributed by atoms with van der Waals surface area (Å²) in [7, 11) is 0. The molecular weight excluding hydrogens is 302 g/mol. The van der Waals surface area contributed by atoms with E-state index in [0.717, 1.165) is 36.9 Å². The summed E-state index contributed by atoms with van der Waals surface area (Å²) in [6.45, 7) is 2.01. The molecule has 5 heteroatoms. The van der Waals surface area contributed by atoms with E-state index in [2.05, 4.69) is 15.6 Å². The lowest BCUT2D eigenvalue weighted by molar-refractivity contribution is 0.135. The molecule has 0 unspecified atom stereocenters. The molecule has 0 aliphatic heterocycles. The second-order valence-electron chi connectivity index (χ2n) is 6.23. The summed E-state index contributed by atoms with van der Waals surface area (Å²) in [5.41, 5.74) is 1.94. The van der Waals surface area contributed by atoms with E-state index >= 15 is 0 Å². The zero-order chi connectivity index (χ0) is 16.8. The highest BCUT2D eigenvalue weighted by Gasteiger charge is 2.23. The third-order valence-electron chi connectivity index (χ3n) is 4.21. The van der Waals surface area contributed by atoms with Crippen molar-refractivity contribution in [3.63, 3.8) is 0 Å². The second kappa shape index (κ2) is 7.81. The van der Waals surface area contributed by atoms with Gasteiger partial charge in [0.15, 0.2) is 0 Å². The van der Waals surface area contributed by atoms with E-state index < -0.39 is 0 Å². The molecule has 1 heterocycles. The molecule has 0 atom stereocenters.